The van der Waals surface area contributed by atoms with Crippen molar-refractivity contribution < 1.29 is 17.2 Å². The monoisotopic (exact) mass is 380 g/mol. The van der Waals surface area contributed by atoms with Crippen LogP contribution in [0.4, 0.5) is 4.39 Å². The van der Waals surface area contributed by atoms with Gasteiger partial charge in [0.2, 0.25) is 15.9 Å². The lowest BCUT2D eigenvalue weighted by Crippen LogP contribution is -2.25. The predicted octanol–water partition coefficient (Wildman–Crippen LogP) is 3.68. The van der Waals surface area contributed by atoms with Crippen LogP contribution >= 0.6 is 11.3 Å². The molecule has 2 heterocycles. The summed E-state index contributed by atoms with van der Waals surface area (Å²) in [6.07, 6.45) is 0.403. The first-order valence-electron chi connectivity index (χ1n) is 7.63. The Labute approximate surface area is 149 Å². The quantitative estimate of drug-likeness (QED) is 0.708. The zero-order valence-electron chi connectivity index (χ0n) is 13.7. The van der Waals surface area contributed by atoms with E-state index in [4.69, 9.17) is 4.42 Å². The number of rotatable bonds is 6. The molecule has 0 unspecified atom stereocenters. The van der Waals surface area contributed by atoms with Crippen molar-refractivity contribution in [3.05, 3.63) is 58.5 Å². The van der Waals surface area contributed by atoms with E-state index in [-0.39, 0.29) is 12.4 Å². The molecule has 0 spiro atoms. The van der Waals surface area contributed by atoms with Gasteiger partial charge in [-0.3, -0.25) is 0 Å². The Morgan fingerprint density at radius 2 is 1.88 bits per heavy atom. The highest BCUT2D eigenvalue weighted by molar-refractivity contribution is 7.91. The van der Waals surface area contributed by atoms with Crippen LogP contribution in [0.1, 0.15) is 16.3 Å². The first-order valence-corrected chi connectivity index (χ1v) is 9.93. The van der Waals surface area contributed by atoms with E-state index in [0.29, 0.717) is 33.5 Å². The number of hydrogen-bond donors (Lipinski definition) is 1. The molecule has 8 heteroatoms. The fourth-order valence-electron chi connectivity index (χ4n) is 2.31. The zero-order chi connectivity index (χ0) is 18.0. The molecule has 0 aliphatic carbocycles. The van der Waals surface area contributed by atoms with Crippen LogP contribution in [0.5, 0.6) is 0 Å². The van der Waals surface area contributed by atoms with Crippen LogP contribution in [0.25, 0.3) is 11.5 Å². The number of nitrogens with one attached hydrogen (secondary N) is 1. The number of nitrogens with zero attached hydrogens (tertiary/aromatic N) is 1. The minimum absolute atomic E-state index is 0.218. The third kappa shape index (κ3) is 4.15. The van der Waals surface area contributed by atoms with E-state index in [9.17, 15) is 12.8 Å². The molecule has 0 saturated carbocycles. The van der Waals surface area contributed by atoms with Crippen molar-refractivity contribution in [3.63, 3.8) is 0 Å². The third-order valence-electron chi connectivity index (χ3n) is 3.62. The lowest BCUT2D eigenvalue weighted by molar-refractivity contribution is 0.538. The molecule has 132 valence electrons. The summed E-state index contributed by atoms with van der Waals surface area (Å²) < 4.78 is 45.9. The van der Waals surface area contributed by atoms with E-state index in [1.807, 2.05) is 6.92 Å². The van der Waals surface area contributed by atoms with E-state index in [1.165, 1.54) is 23.5 Å². The lowest BCUT2D eigenvalue weighted by atomic mass is 10.2. The molecular weight excluding hydrogens is 363 g/mol. The SMILES string of the molecule is Cc1ccc(S(=O)(=O)NCCc2nc(-c3ccc(F)cc3)oc2C)s1. The number of oxazole rings is 1. The summed E-state index contributed by atoms with van der Waals surface area (Å²) in [6, 6.07) is 9.22. The highest BCUT2D eigenvalue weighted by atomic mass is 32.2. The smallest absolute Gasteiger partial charge is 0.250 e. The maximum absolute atomic E-state index is 13.0. The molecule has 0 atom stereocenters. The molecule has 0 aliphatic heterocycles. The summed E-state index contributed by atoms with van der Waals surface area (Å²) in [4.78, 5) is 5.33. The molecule has 0 amide bonds. The molecule has 0 radical (unpaired) electrons. The lowest BCUT2D eigenvalue weighted by Gasteiger charge is -2.03. The van der Waals surface area contributed by atoms with Gasteiger partial charge in [-0.25, -0.2) is 22.5 Å². The van der Waals surface area contributed by atoms with Gasteiger partial charge in [-0.1, -0.05) is 0 Å². The Kier molecular flexibility index (Phi) is 5.03. The van der Waals surface area contributed by atoms with E-state index >= 15 is 0 Å². The standard InChI is InChI=1S/C17H17FN2O3S2/c1-11-3-8-16(24-11)25(21,22)19-10-9-15-12(2)23-17(20-15)13-4-6-14(18)7-5-13/h3-8,19H,9-10H2,1-2H3. The molecule has 1 aromatic carbocycles. The minimum Gasteiger partial charge on any atom is -0.441 e. The number of benzene rings is 1. The fourth-order valence-corrected chi connectivity index (χ4v) is 4.67. The molecule has 0 bridgehead atoms. The molecule has 5 nitrogen and oxygen atoms in total. The van der Waals surface area contributed by atoms with Crippen LogP contribution in [0.2, 0.25) is 0 Å². The number of aromatic nitrogens is 1. The zero-order valence-corrected chi connectivity index (χ0v) is 15.4. The van der Waals surface area contributed by atoms with Crippen molar-refractivity contribution in [2.75, 3.05) is 6.54 Å². The summed E-state index contributed by atoms with van der Waals surface area (Å²) in [5.41, 5.74) is 1.34. The maximum atomic E-state index is 13.0. The van der Waals surface area contributed by atoms with Crippen LogP contribution in [0.15, 0.2) is 45.0 Å². The molecule has 3 rings (SSSR count). The highest BCUT2D eigenvalue weighted by Crippen LogP contribution is 2.23. The van der Waals surface area contributed by atoms with Gasteiger partial charge in [-0.05, 0) is 50.2 Å². The summed E-state index contributed by atoms with van der Waals surface area (Å²) >= 11 is 1.23. The van der Waals surface area contributed by atoms with Crippen LogP contribution in [-0.2, 0) is 16.4 Å². The van der Waals surface area contributed by atoms with Gasteiger partial charge in [0.05, 0.1) is 5.69 Å². The fraction of sp³-hybridized carbons (Fsp3) is 0.235. The van der Waals surface area contributed by atoms with Gasteiger partial charge >= 0.3 is 0 Å². The first kappa shape index (κ1) is 17.8. The topological polar surface area (TPSA) is 72.2 Å². The average Bonchev–Trinajstić information content (AvgIpc) is 3.15. The van der Waals surface area contributed by atoms with Gasteiger partial charge in [-0.2, -0.15) is 0 Å². The van der Waals surface area contributed by atoms with Gasteiger partial charge in [0.25, 0.3) is 0 Å². The predicted molar refractivity (Wildman–Crippen MR) is 94.6 cm³/mol. The Balaban J connectivity index is 1.67. The van der Waals surface area contributed by atoms with Crippen molar-refractivity contribution in [2.24, 2.45) is 0 Å². The van der Waals surface area contributed by atoms with Gasteiger partial charge < -0.3 is 4.42 Å². The Hall–Kier alpha value is -2.03. The van der Waals surface area contributed by atoms with Gasteiger partial charge in [0.1, 0.15) is 15.8 Å². The van der Waals surface area contributed by atoms with Gasteiger partial charge in [0.15, 0.2) is 0 Å². The molecule has 0 saturated heterocycles. The second-order valence-corrected chi connectivity index (χ2v) is 8.82. The number of sulfonamides is 1. The molecule has 0 aliphatic rings. The van der Waals surface area contributed by atoms with Crippen molar-refractivity contribution in [1.82, 2.24) is 9.71 Å². The Morgan fingerprint density at radius 1 is 1.16 bits per heavy atom. The molecule has 25 heavy (non-hydrogen) atoms. The largest absolute Gasteiger partial charge is 0.441 e. The second kappa shape index (κ2) is 7.07. The molecule has 0 fully saturated rings. The summed E-state index contributed by atoms with van der Waals surface area (Å²) in [5, 5.41) is 0. The number of halogens is 1. The molecule has 2 aromatic heterocycles. The minimum atomic E-state index is -3.50. The van der Waals surface area contributed by atoms with E-state index < -0.39 is 10.0 Å². The number of hydrogen-bond acceptors (Lipinski definition) is 5. The number of thiophene rings is 1. The van der Waals surface area contributed by atoms with Gasteiger partial charge in [-0.15, -0.1) is 11.3 Å². The van der Waals surface area contributed by atoms with Crippen molar-refractivity contribution in [1.29, 1.82) is 0 Å². The van der Waals surface area contributed by atoms with Crippen molar-refractivity contribution in [2.45, 2.75) is 24.5 Å². The second-order valence-electron chi connectivity index (χ2n) is 5.54. The average molecular weight is 380 g/mol. The van der Waals surface area contributed by atoms with E-state index in [0.717, 1.165) is 4.88 Å². The third-order valence-corrected chi connectivity index (χ3v) is 6.57. The molecular formula is C17H17FN2O3S2. The van der Waals surface area contributed by atoms with Crippen LogP contribution in [0.3, 0.4) is 0 Å². The number of aryl methyl sites for hydroxylation is 2. The van der Waals surface area contributed by atoms with Crippen LogP contribution in [-0.4, -0.2) is 19.9 Å². The summed E-state index contributed by atoms with van der Waals surface area (Å²) in [5.74, 6) is 0.681. The Morgan fingerprint density at radius 3 is 2.52 bits per heavy atom. The van der Waals surface area contributed by atoms with Crippen molar-refractivity contribution >= 4 is 21.4 Å². The molecule has 1 N–H and O–H groups in total. The normalized spacial score (nSPS) is 11.8. The van der Waals surface area contributed by atoms with E-state index in [1.54, 1.807) is 31.2 Å². The molecule has 3 aromatic rings. The first-order chi connectivity index (χ1) is 11.8. The summed E-state index contributed by atoms with van der Waals surface area (Å²) in [6.45, 7) is 3.85. The summed E-state index contributed by atoms with van der Waals surface area (Å²) in [7, 11) is -3.50. The van der Waals surface area contributed by atoms with E-state index in [2.05, 4.69) is 9.71 Å². The van der Waals surface area contributed by atoms with Crippen molar-refractivity contribution in [3.8, 4) is 11.5 Å². The Bertz CT molecular complexity index is 976. The van der Waals surface area contributed by atoms with Crippen LogP contribution < -0.4 is 4.72 Å². The maximum Gasteiger partial charge on any atom is 0.250 e. The highest BCUT2D eigenvalue weighted by Gasteiger charge is 2.17. The van der Waals surface area contributed by atoms with Crippen LogP contribution in [0, 0.1) is 19.7 Å². The van der Waals surface area contributed by atoms with Gasteiger partial charge in [0, 0.05) is 23.4 Å².